The number of fused-ring (bicyclic) bond motifs is 1. The van der Waals surface area contributed by atoms with Crippen molar-refractivity contribution in [2.75, 3.05) is 19.7 Å². The molecule has 0 aliphatic carbocycles. The van der Waals surface area contributed by atoms with Crippen LogP contribution in [0.1, 0.15) is 44.2 Å². The fourth-order valence-electron chi connectivity index (χ4n) is 4.07. The van der Waals surface area contributed by atoms with Gasteiger partial charge in [0.15, 0.2) is 11.5 Å². The van der Waals surface area contributed by atoms with Crippen molar-refractivity contribution in [2.45, 2.75) is 50.9 Å². The SMILES string of the molecule is CCC(=O)OC1CCN(CCC2COc3ccccc3O2)C(c2ccncc2)C1. The Bertz CT molecular complexity index is 814. The first kappa shape index (κ1) is 19.7. The molecule has 3 heterocycles. The van der Waals surface area contributed by atoms with E-state index in [1.54, 1.807) is 0 Å². The fourth-order valence-corrected chi connectivity index (χ4v) is 4.07. The summed E-state index contributed by atoms with van der Waals surface area (Å²) in [5.41, 5.74) is 1.21. The molecule has 0 amide bonds. The molecule has 0 N–H and O–H groups in total. The third-order valence-corrected chi connectivity index (χ3v) is 5.65. The van der Waals surface area contributed by atoms with Gasteiger partial charge in [-0.3, -0.25) is 14.7 Å². The summed E-state index contributed by atoms with van der Waals surface area (Å²) < 4.78 is 17.6. The molecule has 1 fully saturated rings. The van der Waals surface area contributed by atoms with Crippen molar-refractivity contribution in [2.24, 2.45) is 0 Å². The number of hydrogen-bond acceptors (Lipinski definition) is 6. The topological polar surface area (TPSA) is 60.9 Å². The Balaban J connectivity index is 1.39. The Morgan fingerprint density at radius 2 is 2.00 bits per heavy atom. The van der Waals surface area contributed by atoms with Gasteiger partial charge in [-0.05, 0) is 36.2 Å². The van der Waals surface area contributed by atoms with Crippen LogP contribution in [0.2, 0.25) is 0 Å². The number of likely N-dealkylation sites (tertiary alicyclic amines) is 1. The van der Waals surface area contributed by atoms with Crippen LogP contribution in [0.15, 0.2) is 48.8 Å². The molecule has 29 heavy (non-hydrogen) atoms. The van der Waals surface area contributed by atoms with Crippen LogP contribution in [-0.2, 0) is 9.53 Å². The number of piperidine rings is 1. The zero-order valence-electron chi connectivity index (χ0n) is 16.8. The number of aromatic nitrogens is 1. The Morgan fingerprint density at radius 3 is 2.79 bits per heavy atom. The average Bonchev–Trinajstić information content (AvgIpc) is 2.78. The molecule has 2 aliphatic rings. The van der Waals surface area contributed by atoms with Gasteiger partial charge in [0.05, 0.1) is 0 Å². The number of esters is 1. The number of ether oxygens (including phenoxy) is 3. The Hall–Kier alpha value is -2.60. The number of pyridine rings is 1. The number of carbonyl (C=O) groups is 1. The predicted octanol–water partition coefficient (Wildman–Crippen LogP) is 3.77. The molecular weight excluding hydrogens is 368 g/mol. The first-order valence-corrected chi connectivity index (χ1v) is 10.4. The molecule has 1 aromatic carbocycles. The lowest BCUT2D eigenvalue weighted by molar-refractivity contribution is -0.152. The fraction of sp³-hybridized carbons (Fsp3) is 0.478. The van der Waals surface area contributed by atoms with Crippen molar-refractivity contribution < 1.29 is 19.0 Å². The van der Waals surface area contributed by atoms with Crippen LogP contribution in [-0.4, -0.2) is 47.8 Å². The Morgan fingerprint density at radius 1 is 1.21 bits per heavy atom. The van der Waals surface area contributed by atoms with Crippen LogP contribution in [0.25, 0.3) is 0 Å². The van der Waals surface area contributed by atoms with Crippen LogP contribution in [0, 0.1) is 0 Å². The average molecular weight is 396 g/mol. The quantitative estimate of drug-likeness (QED) is 0.693. The molecule has 6 nitrogen and oxygen atoms in total. The molecule has 1 aromatic heterocycles. The number of rotatable bonds is 6. The normalized spacial score (nSPS) is 24.1. The lowest BCUT2D eigenvalue weighted by atomic mass is 9.93. The summed E-state index contributed by atoms with van der Waals surface area (Å²) >= 11 is 0. The molecule has 154 valence electrons. The summed E-state index contributed by atoms with van der Waals surface area (Å²) in [6.07, 6.45) is 6.63. The highest BCUT2D eigenvalue weighted by Crippen LogP contribution is 2.34. The van der Waals surface area contributed by atoms with Crippen LogP contribution < -0.4 is 9.47 Å². The molecule has 1 saturated heterocycles. The zero-order chi connectivity index (χ0) is 20.1. The van der Waals surface area contributed by atoms with Gasteiger partial charge in [-0.2, -0.15) is 0 Å². The summed E-state index contributed by atoms with van der Waals surface area (Å²) in [6.45, 7) is 4.19. The molecule has 3 unspecified atom stereocenters. The maximum Gasteiger partial charge on any atom is 0.305 e. The predicted molar refractivity (Wildman–Crippen MR) is 109 cm³/mol. The van der Waals surface area contributed by atoms with E-state index in [0.29, 0.717) is 13.0 Å². The first-order valence-electron chi connectivity index (χ1n) is 10.4. The molecule has 0 saturated carbocycles. The highest BCUT2D eigenvalue weighted by molar-refractivity contribution is 5.69. The molecule has 2 aliphatic heterocycles. The number of para-hydroxylation sites is 2. The lowest BCUT2D eigenvalue weighted by Crippen LogP contribution is -2.42. The number of hydrogen-bond donors (Lipinski definition) is 0. The number of benzene rings is 1. The number of nitrogens with zero attached hydrogens (tertiary/aromatic N) is 2. The molecule has 0 radical (unpaired) electrons. The third kappa shape index (κ3) is 4.88. The van der Waals surface area contributed by atoms with Gasteiger partial charge in [0.1, 0.15) is 18.8 Å². The highest BCUT2D eigenvalue weighted by Gasteiger charge is 2.32. The van der Waals surface area contributed by atoms with Gasteiger partial charge in [0.25, 0.3) is 0 Å². The van der Waals surface area contributed by atoms with Gasteiger partial charge >= 0.3 is 5.97 Å². The van der Waals surface area contributed by atoms with Crippen molar-refractivity contribution in [3.63, 3.8) is 0 Å². The van der Waals surface area contributed by atoms with E-state index in [1.165, 1.54) is 5.56 Å². The summed E-state index contributed by atoms with van der Waals surface area (Å²) in [5, 5.41) is 0. The van der Waals surface area contributed by atoms with E-state index < -0.39 is 0 Å². The van der Waals surface area contributed by atoms with Crippen LogP contribution in [0.3, 0.4) is 0 Å². The van der Waals surface area contributed by atoms with E-state index >= 15 is 0 Å². The minimum atomic E-state index is -0.122. The van der Waals surface area contributed by atoms with Gasteiger partial charge in [-0.25, -0.2) is 0 Å². The summed E-state index contributed by atoms with van der Waals surface area (Å²) in [4.78, 5) is 18.4. The van der Waals surface area contributed by atoms with E-state index in [4.69, 9.17) is 14.2 Å². The van der Waals surface area contributed by atoms with Gasteiger partial charge < -0.3 is 14.2 Å². The van der Waals surface area contributed by atoms with Crippen molar-refractivity contribution in [3.8, 4) is 11.5 Å². The summed E-state index contributed by atoms with van der Waals surface area (Å²) in [7, 11) is 0. The molecule has 0 bridgehead atoms. The maximum atomic E-state index is 11.8. The molecule has 3 atom stereocenters. The van der Waals surface area contributed by atoms with E-state index in [9.17, 15) is 4.79 Å². The van der Waals surface area contributed by atoms with Gasteiger partial charge in [-0.15, -0.1) is 0 Å². The van der Waals surface area contributed by atoms with Crippen LogP contribution in [0.5, 0.6) is 11.5 Å². The van der Waals surface area contributed by atoms with Gasteiger partial charge in [0.2, 0.25) is 0 Å². The second-order valence-corrected chi connectivity index (χ2v) is 7.61. The van der Waals surface area contributed by atoms with Crippen LogP contribution >= 0.6 is 0 Å². The highest BCUT2D eigenvalue weighted by atomic mass is 16.6. The van der Waals surface area contributed by atoms with Crippen molar-refractivity contribution in [3.05, 3.63) is 54.4 Å². The molecule has 2 aromatic rings. The Kier molecular flexibility index (Phi) is 6.30. The first-order chi connectivity index (χ1) is 14.2. The standard InChI is InChI=1S/C23H28N2O4/c1-2-23(26)29-18-9-13-25(20(15-18)17-7-11-24-12-8-17)14-10-19-16-27-21-5-3-4-6-22(21)28-19/h3-8,11-12,18-20H,2,9-10,13-16H2,1H3. The van der Waals surface area contributed by atoms with Crippen molar-refractivity contribution in [1.29, 1.82) is 0 Å². The largest absolute Gasteiger partial charge is 0.486 e. The van der Waals surface area contributed by atoms with Crippen LogP contribution in [0.4, 0.5) is 0 Å². The van der Waals surface area contributed by atoms with E-state index in [1.807, 2.05) is 43.6 Å². The van der Waals surface area contributed by atoms with E-state index in [-0.39, 0.29) is 24.2 Å². The minimum absolute atomic E-state index is 0.0296. The second-order valence-electron chi connectivity index (χ2n) is 7.61. The molecule has 4 rings (SSSR count). The van der Waals surface area contributed by atoms with Gasteiger partial charge in [-0.1, -0.05) is 19.1 Å². The molecular formula is C23H28N2O4. The summed E-state index contributed by atoms with van der Waals surface area (Å²) in [6, 6.07) is 12.1. The summed E-state index contributed by atoms with van der Waals surface area (Å²) in [5.74, 6) is 1.51. The van der Waals surface area contributed by atoms with E-state index in [0.717, 1.165) is 43.9 Å². The molecule has 0 spiro atoms. The van der Waals surface area contributed by atoms with Crippen molar-refractivity contribution in [1.82, 2.24) is 9.88 Å². The second kappa shape index (κ2) is 9.27. The maximum absolute atomic E-state index is 11.8. The number of carbonyl (C=O) groups excluding carboxylic acids is 1. The smallest absolute Gasteiger partial charge is 0.305 e. The third-order valence-electron chi connectivity index (χ3n) is 5.65. The lowest BCUT2D eigenvalue weighted by Gasteiger charge is -2.40. The monoisotopic (exact) mass is 396 g/mol. The molecule has 6 heteroatoms. The van der Waals surface area contributed by atoms with Gasteiger partial charge in [0, 0.05) is 50.8 Å². The van der Waals surface area contributed by atoms with E-state index in [2.05, 4.69) is 22.0 Å². The van der Waals surface area contributed by atoms with Crippen molar-refractivity contribution >= 4 is 5.97 Å². The minimum Gasteiger partial charge on any atom is -0.486 e. The zero-order valence-corrected chi connectivity index (χ0v) is 16.8. The Labute approximate surface area is 171 Å².